The zero-order valence-corrected chi connectivity index (χ0v) is 20.3. The Hall–Kier alpha value is -2.51. The summed E-state index contributed by atoms with van der Waals surface area (Å²) < 4.78 is 111. The predicted molar refractivity (Wildman–Crippen MR) is 119 cm³/mol. The van der Waals surface area contributed by atoms with E-state index in [0.29, 0.717) is 18.7 Å². The van der Waals surface area contributed by atoms with E-state index in [2.05, 4.69) is 5.32 Å². The van der Waals surface area contributed by atoms with Gasteiger partial charge in [0.2, 0.25) is 15.9 Å². The minimum Gasteiger partial charge on any atom is -0.492 e. The Kier molecular flexibility index (Phi) is 8.16. The van der Waals surface area contributed by atoms with E-state index in [1.807, 2.05) is 0 Å². The molecule has 0 aromatic heterocycles. The Labute approximate surface area is 208 Å². The van der Waals surface area contributed by atoms with Gasteiger partial charge >= 0.3 is 12.4 Å². The van der Waals surface area contributed by atoms with Gasteiger partial charge in [0.25, 0.3) is 0 Å². The molecular formula is C22H21ClF6N2O4S. The fourth-order valence-corrected chi connectivity index (χ4v) is 5.56. The molecule has 1 amide bonds. The molecule has 1 aliphatic heterocycles. The summed E-state index contributed by atoms with van der Waals surface area (Å²) in [6, 6.07) is 4.62. The van der Waals surface area contributed by atoms with Crippen molar-refractivity contribution in [1.29, 1.82) is 0 Å². The number of halogens is 7. The SMILES string of the molecule is CCOc1ccc(S(=O)(=O)N2CCC[C@H](C(=O)Nc3cc(C(F)(F)F)cc(C(F)(F)F)c3)C2)cc1Cl. The molecule has 1 N–H and O–H groups in total. The lowest BCUT2D eigenvalue weighted by Gasteiger charge is -2.31. The first-order valence-corrected chi connectivity index (χ1v) is 12.5. The third kappa shape index (κ3) is 6.43. The molecule has 3 rings (SSSR count). The summed E-state index contributed by atoms with van der Waals surface area (Å²) in [6.07, 6.45) is -9.71. The van der Waals surface area contributed by atoms with Crippen LogP contribution < -0.4 is 10.1 Å². The van der Waals surface area contributed by atoms with Crippen molar-refractivity contribution >= 4 is 33.2 Å². The van der Waals surface area contributed by atoms with Crippen molar-refractivity contribution in [2.45, 2.75) is 37.0 Å². The molecule has 14 heteroatoms. The molecule has 0 bridgehead atoms. The Morgan fingerprint density at radius 1 is 1.08 bits per heavy atom. The van der Waals surface area contributed by atoms with Crippen molar-refractivity contribution in [3.8, 4) is 5.75 Å². The second kappa shape index (κ2) is 10.5. The van der Waals surface area contributed by atoms with Gasteiger partial charge in [-0.3, -0.25) is 4.79 Å². The lowest BCUT2D eigenvalue weighted by Crippen LogP contribution is -2.43. The molecule has 2 aromatic carbocycles. The van der Waals surface area contributed by atoms with E-state index in [0.717, 1.165) is 4.31 Å². The van der Waals surface area contributed by atoms with Crippen molar-refractivity contribution < 1.29 is 44.3 Å². The number of amides is 1. The maximum absolute atomic E-state index is 13.1. The standard InChI is InChI=1S/C22H21ClF6N2O4S/c1-2-35-19-6-5-17(11-18(19)23)36(33,34)31-7-3-4-13(12-31)20(32)30-16-9-14(21(24,25)26)8-15(10-16)22(27,28)29/h5-6,8-11,13H,2-4,7,12H2,1H3,(H,30,32)/t13-/m0/s1. The highest BCUT2D eigenvalue weighted by molar-refractivity contribution is 7.89. The van der Waals surface area contributed by atoms with Crippen molar-refractivity contribution in [2.75, 3.05) is 25.0 Å². The number of benzene rings is 2. The molecule has 0 saturated carbocycles. The second-order valence-corrected chi connectivity index (χ2v) is 10.4. The number of anilines is 1. The summed E-state index contributed by atoms with van der Waals surface area (Å²) in [7, 11) is -4.09. The van der Waals surface area contributed by atoms with Crippen LogP contribution in [0.25, 0.3) is 0 Å². The summed E-state index contributed by atoms with van der Waals surface area (Å²) >= 11 is 6.08. The fourth-order valence-electron chi connectivity index (χ4n) is 3.71. The summed E-state index contributed by atoms with van der Waals surface area (Å²) in [5.74, 6) is -1.61. The number of alkyl halides is 6. The van der Waals surface area contributed by atoms with Crippen LogP contribution in [0.4, 0.5) is 32.0 Å². The van der Waals surface area contributed by atoms with Gasteiger partial charge in [0.05, 0.1) is 33.6 Å². The van der Waals surface area contributed by atoms with Gasteiger partial charge in [-0.15, -0.1) is 0 Å². The number of carbonyl (C=O) groups is 1. The Morgan fingerprint density at radius 3 is 2.22 bits per heavy atom. The number of hydrogen-bond acceptors (Lipinski definition) is 4. The summed E-state index contributed by atoms with van der Waals surface area (Å²) in [6.45, 7) is 1.79. The summed E-state index contributed by atoms with van der Waals surface area (Å²) in [5, 5.41) is 2.15. The van der Waals surface area contributed by atoms with Crippen LogP contribution in [-0.2, 0) is 27.2 Å². The normalized spacial score (nSPS) is 17.6. The highest BCUT2D eigenvalue weighted by Crippen LogP contribution is 2.38. The molecule has 0 spiro atoms. The van der Waals surface area contributed by atoms with Gasteiger partial charge in [0.15, 0.2) is 0 Å². The van der Waals surface area contributed by atoms with Crippen LogP contribution in [0, 0.1) is 5.92 Å². The lowest BCUT2D eigenvalue weighted by molar-refractivity contribution is -0.143. The van der Waals surface area contributed by atoms with Gasteiger partial charge in [-0.1, -0.05) is 11.6 Å². The molecule has 36 heavy (non-hydrogen) atoms. The number of piperidine rings is 1. The van der Waals surface area contributed by atoms with E-state index in [4.69, 9.17) is 16.3 Å². The number of nitrogens with one attached hydrogen (secondary N) is 1. The molecule has 1 saturated heterocycles. The molecule has 198 valence electrons. The second-order valence-electron chi connectivity index (χ2n) is 8.01. The number of rotatable bonds is 6. The Balaban J connectivity index is 1.81. The molecule has 6 nitrogen and oxygen atoms in total. The quantitative estimate of drug-likeness (QED) is 0.454. The predicted octanol–water partition coefficient (Wildman–Crippen LogP) is 5.82. The van der Waals surface area contributed by atoms with Crippen LogP contribution in [-0.4, -0.2) is 38.3 Å². The molecule has 0 radical (unpaired) electrons. The zero-order valence-electron chi connectivity index (χ0n) is 18.7. The van der Waals surface area contributed by atoms with E-state index in [9.17, 15) is 39.6 Å². The lowest BCUT2D eigenvalue weighted by atomic mass is 9.98. The first kappa shape index (κ1) is 28.1. The average molecular weight is 559 g/mol. The monoisotopic (exact) mass is 558 g/mol. The Bertz CT molecular complexity index is 1200. The van der Waals surface area contributed by atoms with Gasteiger partial charge in [-0.25, -0.2) is 8.42 Å². The van der Waals surface area contributed by atoms with Crippen LogP contribution in [0.2, 0.25) is 5.02 Å². The highest BCUT2D eigenvalue weighted by Gasteiger charge is 2.38. The first-order chi connectivity index (χ1) is 16.6. The van der Waals surface area contributed by atoms with Gasteiger partial charge in [-0.05, 0) is 56.2 Å². The number of nitrogens with zero attached hydrogens (tertiary/aromatic N) is 1. The topological polar surface area (TPSA) is 75.7 Å². The third-order valence-electron chi connectivity index (χ3n) is 5.45. The molecule has 2 aromatic rings. The first-order valence-electron chi connectivity index (χ1n) is 10.7. The van der Waals surface area contributed by atoms with E-state index in [-0.39, 0.29) is 47.7 Å². The molecular weight excluding hydrogens is 538 g/mol. The van der Waals surface area contributed by atoms with E-state index >= 15 is 0 Å². The number of hydrogen-bond donors (Lipinski definition) is 1. The van der Waals surface area contributed by atoms with E-state index in [1.54, 1.807) is 6.92 Å². The van der Waals surface area contributed by atoms with E-state index in [1.165, 1.54) is 18.2 Å². The van der Waals surface area contributed by atoms with Crippen molar-refractivity contribution in [3.63, 3.8) is 0 Å². The van der Waals surface area contributed by atoms with Crippen LogP contribution in [0.5, 0.6) is 5.75 Å². The molecule has 1 fully saturated rings. The van der Waals surface area contributed by atoms with Crippen molar-refractivity contribution in [2.24, 2.45) is 5.92 Å². The van der Waals surface area contributed by atoms with Crippen LogP contribution in [0.3, 0.4) is 0 Å². The maximum atomic E-state index is 13.1. The van der Waals surface area contributed by atoms with Crippen molar-refractivity contribution in [1.82, 2.24) is 4.31 Å². The smallest absolute Gasteiger partial charge is 0.416 e. The zero-order chi connectivity index (χ0) is 26.9. The number of sulfonamides is 1. The summed E-state index contributed by atoms with van der Waals surface area (Å²) in [4.78, 5) is 12.6. The minimum atomic E-state index is -5.07. The maximum Gasteiger partial charge on any atom is 0.416 e. The van der Waals surface area contributed by atoms with Gasteiger partial charge in [0.1, 0.15) is 5.75 Å². The van der Waals surface area contributed by atoms with Crippen LogP contribution >= 0.6 is 11.6 Å². The minimum absolute atomic E-state index is 0.0491. The number of carbonyl (C=O) groups excluding carboxylic acids is 1. The average Bonchev–Trinajstić information content (AvgIpc) is 2.79. The molecule has 1 heterocycles. The fraction of sp³-hybridized carbons (Fsp3) is 0.409. The largest absolute Gasteiger partial charge is 0.492 e. The van der Waals surface area contributed by atoms with E-state index < -0.39 is 51.0 Å². The van der Waals surface area contributed by atoms with Crippen molar-refractivity contribution in [3.05, 3.63) is 52.5 Å². The molecule has 0 unspecified atom stereocenters. The van der Waals surface area contributed by atoms with Gasteiger partial charge in [0, 0.05) is 18.8 Å². The Morgan fingerprint density at radius 2 is 1.69 bits per heavy atom. The molecule has 1 aliphatic rings. The van der Waals surface area contributed by atoms with Gasteiger partial charge in [-0.2, -0.15) is 30.6 Å². The van der Waals surface area contributed by atoms with Gasteiger partial charge < -0.3 is 10.1 Å². The third-order valence-corrected chi connectivity index (χ3v) is 7.61. The molecule has 0 aliphatic carbocycles. The van der Waals surface area contributed by atoms with Crippen LogP contribution in [0.15, 0.2) is 41.3 Å². The van der Waals surface area contributed by atoms with Crippen LogP contribution in [0.1, 0.15) is 30.9 Å². The highest BCUT2D eigenvalue weighted by atomic mass is 35.5. The number of ether oxygens (including phenoxy) is 1. The molecule has 1 atom stereocenters. The summed E-state index contributed by atoms with van der Waals surface area (Å²) in [5.41, 5.74) is -3.85.